The monoisotopic (exact) mass is 228 g/mol. The van der Waals surface area contributed by atoms with Crippen molar-refractivity contribution < 1.29 is 9.90 Å². The molecule has 4 heteroatoms. The second kappa shape index (κ2) is 5.15. The number of likely N-dealkylation sites (N-methyl/N-ethyl adjacent to an activating group) is 1. The van der Waals surface area contributed by atoms with Crippen LogP contribution in [0.5, 0.6) is 0 Å². The van der Waals surface area contributed by atoms with E-state index in [2.05, 4.69) is 30.6 Å². The Morgan fingerprint density at radius 3 is 2.62 bits per heavy atom. The summed E-state index contributed by atoms with van der Waals surface area (Å²) in [6.07, 6.45) is 1.36. The average molecular weight is 228 g/mol. The summed E-state index contributed by atoms with van der Waals surface area (Å²) in [7, 11) is 2.03. The first kappa shape index (κ1) is 13.5. The van der Waals surface area contributed by atoms with Gasteiger partial charge in [-0.25, -0.2) is 0 Å². The zero-order chi connectivity index (χ0) is 12.3. The number of rotatable bonds is 4. The van der Waals surface area contributed by atoms with Gasteiger partial charge in [0, 0.05) is 24.7 Å². The molecular formula is C12H24N2O2. The molecule has 1 N–H and O–H groups in total. The molecule has 1 unspecified atom stereocenters. The Morgan fingerprint density at radius 2 is 2.12 bits per heavy atom. The van der Waals surface area contributed by atoms with Crippen molar-refractivity contribution in [2.45, 2.75) is 45.2 Å². The first-order valence-corrected chi connectivity index (χ1v) is 6.04. The van der Waals surface area contributed by atoms with Crippen LogP contribution in [0.1, 0.15) is 33.6 Å². The fraction of sp³-hybridized carbons (Fsp3) is 0.917. The van der Waals surface area contributed by atoms with Crippen molar-refractivity contribution in [1.82, 2.24) is 9.80 Å². The fourth-order valence-electron chi connectivity index (χ4n) is 2.57. The van der Waals surface area contributed by atoms with E-state index in [0.29, 0.717) is 0 Å². The van der Waals surface area contributed by atoms with Gasteiger partial charge in [0.05, 0.1) is 6.42 Å². The highest BCUT2D eigenvalue weighted by atomic mass is 16.4. The summed E-state index contributed by atoms with van der Waals surface area (Å²) in [5, 5.41) is 8.88. The van der Waals surface area contributed by atoms with Gasteiger partial charge in [-0.3, -0.25) is 14.6 Å². The number of hydrogen-bond acceptors (Lipinski definition) is 3. The normalized spacial score (nSPS) is 26.9. The number of piperazine rings is 1. The van der Waals surface area contributed by atoms with Crippen molar-refractivity contribution in [1.29, 1.82) is 0 Å². The van der Waals surface area contributed by atoms with Crippen LogP contribution in [0, 0.1) is 0 Å². The first-order valence-electron chi connectivity index (χ1n) is 6.04. The third-order valence-electron chi connectivity index (χ3n) is 3.45. The molecule has 16 heavy (non-hydrogen) atoms. The van der Waals surface area contributed by atoms with Crippen LogP contribution in [0.3, 0.4) is 0 Å². The molecule has 1 saturated heterocycles. The van der Waals surface area contributed by atoms with E-state index in [1.165, 1.54) is 0 Å². The van der Waals surface area contributed by atoms with Gasteiger partial charge in [-0.2, -0.15) is 0 Å². The lowest BCUT2D eigenvalue weighted by Gasteiger charge is -2.49. The fourth-order valence-corrected chi connectivity index (χ4v) is 2.57. The summed E-state index contributed by atoms with van der Waals surface area (Å²) in [4.78, 5) is 15.4. The number of carboxylic acids is 1. The highest BCUT2D eigenvalue weighted by molar-refractivity contribution is 5.67. The summed E-state index contributed by atoms with van der Waals surface area (Å²) >= 11 is 0. The van der Waals surface area contributed by atoms with E-state index in [0.717, 1.165) is 26.1 Å². The summed E-state index contributed by atoms with van der Waals surface area (Å²) in [5.41, 5.74) is 0.153. The lowest BCUT2D eigenvalue weighted by Crippen LogP contribution is -2.62. The maximum absolute atomic E-state index is 10.8. The van der Waals surface area contributed by atoms with Crippen LogP contribution < -0.4 is 0 Å². The second-order valence-electron chi connectivity index (χ2n) is 5.43. The second-order valence-corrected chi connectivity index (χ2v) is 5.43. The van der Waals surface area contributed by atoms with Crippen molar-refractivity contribution >= 4 is 5.97 Å². The Morgan fingerprint density at radius 1 is 1.50 bits per heavy atom. The first-order chi connectivity index (χ1) is 7.36. The van der Waals surface area contributed by atoms with E-state index in [1.807, 2.05) is 7.05 Å². The highest BCUT2D eigenvalue weighted by Crippen LogP contribution is 2.24. The van der Waals surface area contributed by atoms with Gasteiger partial charge >= 0.3 is 5.97 Å². The molecular weight excluding hydrogens is 204 g/mol. The van der Waals surface area contributed by atoms with Gasteiger partial charge in [0.1, 0.15) is 0 Å². The molecule has 1 fully saturated rings. The van der Waals surface area contributed by atoms with Crippen LogP contribution >= 0.6 is 0 Å². The lowest BCUT2D eigenvalue weighted by atomic mass is 9.94. The molecule has 0 aliphatic carbocycles. The molecule has 1 aliphatic heterocycles. The van der Waals surface area contributed by atoms with Crippen LogP contribution in [0.15, 0.2) is 0 Å². The van der Waals surface area contributed by atoms with Gasteiger partial charge in [-0.05, 0) is 33.9 Å². The van der Waals surface area contributed by atoms with E-state index in [1.54, 1.807) is 0 Å². The van der Waals surface area contributed by atoms with Crippen LogP contribution in [0.25, 0.3) is 0 Å². The lowest BCUT2D eigenvalue weighted by molar-refractivity contribution is -0.139. The zero-order valence-corrected chi connectivity index (χ0v) is 10.9. The molecule has 0 amide bonds. The van der Waals surface area contributed by atoms with Crippen molar-refractivity contribution in [2.24, 2.45) is 0 Å². The summed E-state index contributed by atoms with van der Waals surface area (Å²) in [6, 6.07) is 0.150. The number of nitrogens with zero attached hydrogens (tertiary/aromatic N) is 2. The maximum Gasteiger partial charge on any atom is 0.304 e. The Hall–Kier alpha value is -0.610. The van der Waals surface area contributed by atoms with Gasteiger partial charge < -0.3 is 5.11 Å². The van der Waals surface area contributed by atoms with E-state index in [9.17, 15) is 4.79 Å². The Bertz CT molecular complexity index is 253. The van der Waals surface area contributed by atoms with Crippen LogP contribution in [0.2, 0.25) is 0 Å². The average Bonchev–Trinajstić information content (AvgIpc) is 2.12. The third kappa shape index (κ3) is 3.19. The van der Waals surface area contributed by atoms with Gasteiger partial charge in [0.15, 0.2) is 0 Å². The minimum Gasteiger partial charge on any atom is -0.481 e. The van der Waals surface area contributed by atoms with E-state index in [-0.39, 0.29) is 18.0 Å². The predicted octanol–water partition coefficient (Wildman–Crippen LogP) is 1.27. The standard InChI is InChI=1S/C12H24N2O2/c1-5-6-14-8-10(7-11(15)16)13(4)9-12(14,2)3/h10H,5-9H2,1-4H3,(H,15,16). The number of aliphatic carboxylic acids is 1. The smallest absolute Gasteiger partial charge is 0.304 e. The quantitative estimate of drug-likeness (QED) is 0.787. The minimum absolute atomic E-state index is 0.150. The number of carboxylic acid groups (broad SMARTS) is 1. The Labute approximate surface area is 98.2 Å². The molecule has 0 spiro atoms. The zero-order valence-electron chi connectivity index (χ0n) is 10.9. The number of hydrogen-bond donors (Lipinski definition) is 1. The molecule has 1 atom stereocenters. The summed E-state index contributed by atoms with van der Waals surface area (Å²) in [6.45, 7) is 9.48. The van der Waals surface area contributed by atoms with Gasteiger partial charge in [0.25, 0.3) is 0 Å². The molecule has 94 valence electrons. The van der Waals surface area contributed by atoms with Gasteiger partial charge in [-0.1, -0.05) is 6.92 Å². The van der Waals surface area contributed by atoms with E-state index < -0.39 is 5.97 Å². The molecule has 0 bridgehead atoms. The molecule has 0 saturated carbocycles. The van der Waals surface area contributed by atoms with Crippen LogP contribution in [-0.4, -0.2) is 59.1 Å². The van der Waals surface area contributed by atoms with Crippen molar-refractivity contribution in [3.8, 4) is 0 Å². The molecule has 4 nitrogen and oxygen atoms in total. The van der Waals surface area contributed by atoms with Gasteiger partial charge in [0.2, 0.25) is 0 Å². The van der Waals surface area contributed by atoms with Crippen molar-refractivity contribution in [3.05, 3.63) is 0 Å². The summed E-state index contributed by atoms with van der Waals surface area (Å²) in [5.74, 6) is -0.701. The van der Waals surface area contributed by atoms with E-state index >= 15 is 0 Å². The molecule has 0 aromatic rings. The van der Waals surface area contributed by atoms with Crippen molar-refractivity contribution in [2.75, 3.05) is 26.7 Å². The van der Waals surface area contributed by atoms with Crippen LogP contribution in [0.4, 0.5) is 0 Å². The summed E-state index contributed by atoms with van der Waals surface area (Å²) < 4.78 is 0. The van der Waals surface area contributed by atoms with E-state index in [4.69, 9.17) is 5.11 Å². The predicted molar refractivity (Wildman–Crippen MR) is 64.6 cm³/mol. The van der Waals surface area contributed by atoms with Crippen LogP contribution in [-0.2, 0) is 4.79 Å². The molecule has 1 aliphatic rings. The Kier molecular flexibility index (Phi) is 4.33. The van der Waals surface area contributed by atoms with Gasteiger partial charge in [-0.15, -0.1) is 0 Å². The molecule has 1 rings (SSSR count). The molecule has 1 heterocycles. The molecule has 0 radical (unpaired) electrons. The largest absolute Gasteiger partial charge is 0.481 e. The minimum atomic E-state index is -0.701. The Balaban J connectivity index is 2.68. The van der Waals surface area contributed by atoms with Crippen molar-refractivity contribution in [3.63, 3.8) is 0 Å². The molecule has 0 aromatic heterocycles. The topological polar surface area (TPSA) is 43.8 Å². The maximum atomic E-state index is 10.8. The molecule has 0 aromatic carbocycles. The number of carbonyl (C=O) groups is 1. The highest BCUT2D eigenvalue weighted by Gasteiger charge is 2.37. The SMILES string of the molecule is CCCN1CC(CC(=O)O)N(C)CC1(C)C. The third-order valence-corrected chi connectivity index (χ3v) is 3.45.